The number of carbonyl (C=O) groups is 2. The molecule has 0 heterocycles. The molecule has 0 saturated carbocycles. The summed E-state index contributed by atoms with van der Waals surface area (Å²) in [5, 5.41) is 12.6. The lowest BCUT2D eigenvalue weighted by molar-refractivity contribution is 0.0693. The summed E-state index contributed by atoms with van der Waals surface area (Å²) in [5.41, 5.74) is 2.35. The van der Waals surface area contributed by atoms with Crippen molar-refractivity contribution in [2.24, 2.45) is 0 Å². The number of anilines is 1. The van der Waals surface area contributed by atoms with E-state index in [1.807, 2.05) is 19.1 Å². The van der Waals surface area contributed by atoms with Crippen molar-refractivity contribution in [2.45, 2.75) is 26.7 Å². The molecule has 0 atom stereocenters. The number of aromatic carboxylic acids is 1. The maximum atomic E-state index is 12.9. The van der Waals surface area contributed by atoms with Gasteiger partial charge in [-0.15, -0.1) is 0 Å². The number of nitrogens with one attached hydrogen (secondary N) is 1. The fraction of sp³-hybridized carbons (Fsp3) is 0.263. The fourth-order valence-corrected chi connectivity index (χ4v) is 2.41. The summed E-state index contributed by atoms with van der Waals surface area (Å²) < 4.78 is 0. The Labute approximate surface area is 136 Å². The first-order chi connectivity index (χ1) is 11.0. The highest BCUT2D eigenvalue weighted by Crippen LogP contribution is 2.22. The van der Waals surface area contributed by atoms with Gasteiger partial charge in [0.25, 0.3) is 0 Å². The van der Waals surface area contributed by atoms with Gasteiger partial charge in [-0.25, -0.2) is 4.79 Å². The summed E-state index contributed by atoms with van der Waals surface area (Å²) in [6.45, 7) is 4.72. The highest BCUT2D eigenvalue weighted by atomic mass is 16.4. The Hall–Kier alpha value is -2.62. The van der Waals surface area contributed by atoms with Crippen molar-refractivity contribution in [3.05, 3.63) is 64.7 Å². The Bertz CT molecular complexity index is 722. The van der Waals surface area contributed by atoms with E-state index in [1.165, 1.54) is 6.07 Å². The first kappa shape index (κ1) is 16.7. The van der Waals surface area contributed by atoms with Crippen molar-refractivity contribution >= 4 is 17.4 Å². The lowest BCUT2D eigenvalue weighted by Crippen LogP contribution is -2.13. The number of carboxylic acid groups (broad SMARTS) is 1. The number of ketones is 1. The van der Waals surface area contributed by atoms with Crippen LogP contribution in [0.5, 0.6) is 0 Å². The molecule has 0 spiro atoms. The predicted octanol–water partition coefficient (Wildman–Crippen LogP) is 4.14. The van der Waals surface area contributed by atoms with Gasteiger partial charge in [0.15, 0.2) is 5.78 Å². The summed E-state index contributed by atoms with van der Waals surface area (Å²) in [7, 11) is 0. The molecule has 120 valence electrons. The van der Waals surface area contributed by atoms with Crippen molar-refractivity contribution in [1.29, 1.82) is 0 Å². The van der Waals surface area contributed by atoms with Gasteiger partial charge >= 0.3 is 5.97 Å². The standard InChI is InChI=1S/C19H21NO3/c1-3-4-11-20-17-8-6-5-7-15(17)18(21)16-12-13(2)9-10-14(16)19(22)23/h5-10,12,20H,3-4,11H2,1-2H3,(H,22,23). The van der Waals surface area contributed by atoms with Gasteiger partial charge in [0, 0.05) is 23.4 Å². The van der Waals surface area contributed by atoms with Gasteiger partial charge in [0.1, 0.15) is 0 Å². The number of aryl methyl sites for hydroxylation is 1. The van der Waals surface area contributed by atoms with E-state index in [1.54, 1.807) is 24.3 Å². The number of carboxylic acids is 1. The van der Waals surface area contributed by atoms with Crippen LogP contribution in [0.2, 0.25) is 0 Å². The SMILES string of the molecule is CCCCNc1ccccc1C(=O)c1cc(C)ccc1C(=O)O. The van der Waals surface area contributed by atoms with Crippen LogP contribution in [0.1, 0.15) is 51.6 Å². The van der Waals surface area contributed by atoms with Crippen LogP contribution >= 0.6 is 0 Å². The average molecular weight is 311 g/mol. The van der Waals surface area contributed by atoms with Crippen LogP contribution in [0, 0.1) is 6.92 Å². The van der Waals surface area contributed by atoms with Crippen LogP contribution in [0.3, 0.4) is 0 Å². The molecule has 0 bridgehead atoms. The Morgan fingerprint density at radius 1 is 1.04 bits per heavy atom. The summed E-state index contributed by atoms with van der Waals surface area (Å²) in [5.74, 6) is -1.37. The second kappa shape index (κ2) is 7.58. The largest absolute Gasteiger partial charge is 0.478 e. The van der Waals surface area contributed by atoms with Crippen molar-refractivity contribution < 1.29 is 14.7 Å². The number of rotatable bonds is 7. The molecule has 4 heteroatoms. The van der Waals surface area contributed by atoms with Crippen molar-refractivity contribution in [2.75, 3.05) is 11.9 Å². The summed E-state index contributed by atoms with van der Waals surface area (Å²) in [6, 6.07) is 12.0. The van der Waals surface area contributed by atoms with E-state index in [0.717, 1.165) is 30.6 Å². The molecule has 0 aromatic heterocycles. The second-order valence-electron chi connectivity index (χ2n) is 5.51. The topological polar surface area (TPSA) is 66.4 Å². The Morgan fingerprint density at radius 3 is 2.48 bits per heavy atom. The quantitative estimate of drug-likeness (QED) is 0.596. The summed E-state index contributed by atoms with van der Waals surface area (Å²) in [4.78, 5) is 24.3. The lowest BCUT2D eigenvalue weighted by Gasteiger charge is -2.12. The van der Waals surface area contributed by atoms with Gasteiger partial charge in [0.05, 0.1) is 5.56 Å². The van der Waals surface area contributed by atoms with E-state index in [0.29, 0.717) is 5.56 Å². The molecule has 2 N–H and O–H groups in total. The summed E-state index contributed by atoms with van der Waals surface area (Å²) >= 11 is 0. The van der Waals surface area contributed by atoms with Gasteiger partial charge < -0.3 is 10.4 Å². The number of hydrogen-bond acceptors (Lipinski definition) is 3. The van der Waals surface area contributed by atoms with Gasteiger partial charge in [-0.3, -0.25) is 4.79 Å². The van der Waals surface area contributed by atoms with Crippen LogP contribution in [-0.4, -0.2) is 23.4 Å². The zero-order chi connectivity index (χ0) is 16.8. The first-order valence-electron chi connectivity index (χ1n) is 7.76. The minimum absolute atomic E-state index is 0.0314. The Morgan fingerprint density at radius 2 is 1.78 bits per heavy atom. The van der Waals surface area contributed by atoms with Crippen LogP contribution in [0.4, 0.5) is 5.69 Å². The minimum Gasteiger partial charge on any atom is -0.478 e. The van der Waals surface area contributed by atoms with Crippen molar-refractivity contribution in [3.63, 3.8) is 0 Å². The predicted molar refractivity (Wildman–Crippen MR) is 91.4 cm³/mol. The van der Waals surface area contributed by atoms with E-state index < -0.39 is 5.97 Å². The second-order valence-corrected chi connectivity index (χ2v) is 5.51. The van der Waals surface area contributed by atoms with E-state index in [4.69, 9.17) is 0 Å². The fourth-order valence-electron chi connectivity index (χ4n) is 2.41. The van der Waals surface area contributed by atoms with Gasteiger partial charge in [-0.1, -0.05) is 37.1 Å². The first-order valence-corrected chi connectivity index (χ1v) is 7.76. The normalized spacial score (nSPS) is 10.3. The van der Waals surface area contributed by atoms with Crippen molar-refractivity contribution in [1.82, 2.24) is 0 Å². The third kappa shape index (κ3) is 3.97. The Kier molecular flexibility index (Phi) is 5.52. The highest BCUT2D eigenvalue weighted by Gasteiger charge is 2.20. The number of hydrogen-bond donors (Lipinski definition) is 2. The molecule has 4 nitrogen and oxygen atoms in total. The molecule has 0 unspecified atom stereocenters. The lowest BCUT2D eigenvalue weighted by atomic mass is 9.95. The minimum atomic E-state index is -1.09. The van der Waals surface area contributed by atoms with Gasteiger partial charge in [0.2, 0.25) is 0 Å². The van der Waals surface area contributed by atoms with Gasteiger partial charge in [-0.05, 0) is 37.6 Å². The molecule has 0 fully saturated rings. The maximum absolute atomic E-state index is 12.9. The van der Waals surface area contributed by atoms with Crippen molar-refractivity contribution in [3.8, 4) is 0 Å². The Balaban J connectivity index is 2.41. The third-order valence-corrected chi connectivity index (χ3v) is 3.67. The number of unbranched alkanes of at least 4 members (excludes halogenated alkanes) is 1. The third-order valence-electron chi connectivity index (χ3n) is 3.67. The molecule has 2 aromatic carbocycles. The van der Waals surface area contributed by atoms with E-state index >= 15 is 0 Å². The molecular weight excluding hydrogens is 290 g/mol. The van der Waals surface area contributed by atoms with Gasteiger partial charge in [-0.2, -0.15) is 0 Å². The van der Waals surface area contributed by atoms with Crippen LogP contribution in [0.25, 0.3) is 0 Å². The van der Waals surface area contributed by atoms with Crippen LogP contribution in [0.15, 0.2) is 42.5 Å². The van der Waals surface area contributed by atoms with E-state index in [2.05, 4.69) is 12.2 Å². The number of benzene rings is 2. The highest BCUT2D eigenvalue weighted by molar-refractivity contribution is 6.16. The molecule has 0 aliphatic rings. The number of carbonyl (C=O) groups excluding carboxylic acids is 1. The molecule has 0 radical (unpaired) electrons. The summed E-state index contributed by atoms with van der Waals surface area (Å²) in [6.07, 6.45) is 2.07. The average Bonchev–Trinajstić information content (AvgIpc) is 2.54. The van der Waals surface area contributed by atoms with E-state index in [9.17, 15) is 14.7 Å². The maximum Gasteiger partial charge on any atom is 0.336 e. The zero-order valence-electron chi connectivity index (χ0n) is 13.4. The zero-order valence-corrected chi connectivity index (χ0v) is 13.4. The monoisotopic (exact) mass is 311 g/mol. The smallest absolute Gasteiger partial charge is 0.336 e. The molecule has 0 amide bonds. The molecule has 0 aliphatic heterocycles. The van der Waals surface area contributed by atoms with E-state index in [-0.39, 0.29) is 16.9 Å². The molecule has 0 aliphatic carbocycles. The molecular formula is C19H21NO3. The molecule has 0 saturated heterocycles. The number of para-hydroxylation sites is 1. The van der Waals surface area contributed by atoms with Crippen LogP contribution < -0.4 is 5.32 Å². The molecule has 23 heavy (non-hydrogen) atoms. The molecule has 2 aromatic rings. The van der Waals surface area contributed by atoms with Crippen LogP contribution in [-0.2, 0) is 0 Å². The molecule has 2 rings (SSSR count).